The van der Waals surface area contributed by atoms with Gasteiger partial charge in [0.2, 0.25) is 0 Å². The maximum absolute atomic E-state index is 4.62. The standard InChI is InChI=1S/C18H22N2/c1-15-9-10-18(19-12-15)17-8-5-11-20(14-17)13-16-6-3-2-4-7-16/h2-4,6-7,9-10,12,17H,5,8,11,13-14H2,1H3. The third kappa shape index (κ3) is 3.26. The fraction of sp³-hybridized carbons (Fsp3) is 0.389. The van der Waals surface area contributed by atoms with Gasteiger partial charge in [-0.2, -0.15) is 0 Å². The summed E-state index contributed by atoms with van der Waals surface area (Å²) in [6.07, 6.45) is 4.53. The van der Waals surface area contributed by atoms with Crippen LogP contribution in [0.2, 0.25) is 0 Å². The number of hydrogen-bond donors (Lipinski definition) is 0. The van der Waals surface area contributed by atoms with Crippen molar-refractivity contribution in [3.63, 3.8) is 0 Å². The van der Waals surface area contributed by atoms with Gasteiger partial charge in [0.1, 0.15) is 0 Å². The predicted octanol–water partition coefficient (Wildman–Crippen LogP) is 3.77. The van der Waals surface area contributed by atoms with Gasteiger partial charge in [0.25, 0.3) is 0 Å². The van der Waals surface area contributed by atoms with Crippen LogP contribution in [-0.4, -0.2) is 23.0 Å². The second-order valence-electron chi connectivity index (χ2n) is 5.82. The van der Waals surface area contributed by atoms with Crippen LogP contribution in [0.15, 0.2) is 48.7 Å². The zero-order valence-electron chi connectivity index (χ0n) is 12.1. The van der Waals surface area contributed by atoms with Crippen LogP contribution in [0.4, 0.5) is 0 Å². The Hall–Kier alpha value is -1.67. The molecule has 1 aromatic heterocycles. The molecule has 0 aliphatic carbocycles. The highest BCUT2D eigenvalue weighted by molar-refractivity contribution is 5.17. The Labute approximate surface area is 121 Å². The number of aryl methyl sites for hydroxylation is 1. The second kappa shape index (κ2) is 6.19. The molecule has 1 atom stereocenters. The van der Waals surface area contributed by atoms with E-state index >= 15 is 0 Å². The van der Waals surface area contributed by atoms with Crippen molar-refractivity contribution in [3.05, 3.63) is 65.5 Å². The van der Waals surface area contributed by atoms with E-state index in [9.17, 15) is 0 Å². The first-order valence-electron chi connectivity index (χ1n) is 7.50. The molecule has 2 heterocycles. The molecule has 2 heteroatoms. The van der Waals surface area contributed by atoms with Gasteiger partial charge in [-0.15, -0.1) is 0 Å². The quantitative estimate of drug-likeness (QED) is 0.840. The zero-order chi connectivity index (χ0) is 13.8. The van der Waals surface area contributed by atoms with Crippen LogP contribution in [-0.2, 0) is 6.54 Å². The molecule has 0 radical (unpaired) electrons. The van der Waals surface area contributed by atoms with Crippen LogP contribution < -0.4 is 0 Å². The minimum absolute atomic E-state index is 0.591. The van der Waals surface area contributed by atoms with Gasteiger partial charge in [0.15, 0.2) is 0 Å². The lowest BCUT2D eigenvalue weighted by atomic mass is 9.93. The summed E-state index contributed by atoms with van der Waals surface area (Å²) in [5.41, 5.74) is 3.91. The molecule has 0 saturated carbocycles. The van der Waals surface area contributed by atoms with Crippen LogP contribution in [0.1, 0.15) is 35.6 Å². The molecule has 0 N–H and O–H groups in total. The molecule has 0 spiro atoms. The van der Waals surface area contributed by atoms with Crippen LogP contribution in [0.25, 0.3) is 0 Å². The summed E-state index contributed by atoms with van der Waals surface area (Å²) in [6.45, 7) is 5.49. The molecular formula is C18H22N2. The van der Waals surface area contributed by atoms with Gasteiger partial charge in [-0.3, -0.25) is 9.88 Å². The molecule has 3 rings (SSSR count). The summed E-state index contributed by atoms with van der Waals surface area (Å²) < 4.78 is 0. The Kier molecular flexibility index (Phi) is 4.12. The van der Waals surface area contributed by atoms with Gasteiger partial charge in [0.05, 0.1) is 0 Å². The first kappa shape index (κ1) is 13.3. The maximum Gasteiger partial charge on any atom is 0.0447 e. The normalized spacial score (nSPS) is 19.9. The van der Waals surface area contributed by atoms with Gasteiger partial charge in [-0.25, -0.2) is 0 Å². The molecule has 2 nitrogen and oxygen atoms in total. The number of nitrogens with zero attached hydrogens (tertiary/aromatic N) is 2. The van der Waals surface area contributed by atoms with Crippen molar-refractivity contribution in [1.82, 2.24) is 9.88 Å². The van der Waals surface area contributed by atoms with E-state index in [-0.39, 0.29) is 0 Å². The van der Waals surface area contributed by atoms with E-state index in [2.05, 4.69) is 59.3 Å². The average Bonchev–Trinajstić information content (AvgIpc) is 2.49. The van der Waals surface area contributed by atoms with Crippen molar-refractivity contribution in [2.45, 2.75) is 32.2 Å². The summed E-state index contributed by atoms with van der Waals surface area (Å²) in [5, 5.41) is 0. The largest absolute Gasteiger partial charge is 0.298 e. The maximum atomic E-state index is 4.62. The highest BCUT2D eigenvalue weighted by Gasteiger charge is 2.22. The molecule has 1 unspecified atom stereocenters. The second-order valence-corrected chi connectivity index (χ2v) is 5.82. The Morgan fingerprint density at radius 2 is 2.00 bits per heavy atom. The lowest BCUT2D eigenvalue weighted by molar-refractivity contribution is 0.198. The summed E-state index contributed by atoms with van der Waals surface area (Å²) in [7, 11) is 0. The van der Waals surface area contributed by atoms with E-state index in [0.717, 1.165) is 13.1 Å². The molecule has 104 valence electrons. The number of rotatable bonds is 3. The minimum atomic E-state index is 0.591. The number of aromatic nitrogens is 1. The number of likely N-dealkylation sites (tertiary alicyclic amines) is 1. The smallest absolute Gasteiger partial charge is 0.0447 e. The van der Waals surface area contributed by atoms with E-state index in [4.69, 9.17) is 0 Å². The Bertz CT molecular complexity index is 533. The van der Waals surface area contributed by atoms with Crippen molar-refractivity contribution in [2.24, 2.45) is 0 Å². The Morgan fingerprint density at radius 1 is 1.15 bits per heavy atom. The zero-order valence-corrected chi connectivity index (χ0v) is 12.1. The minimum Gasteiger partial charge on any atom is -0.298 e. The highest BCUT2D eigenvalue weighted by atomic mass is 15.1. The Balaban J connectivity index is 1.66. The SMILES string of the molecule is Cc1ccc(C2CCCN(Cc3ccccc3)C2)nc1. The highest BCUT2D eigenvalue weighted by Crippen LogP contribution is 2.26. The van der Waals surface area contributed by atoms with Crippen LogP contribution in [0, 0.1) is 6.92 Å². The molecule has 0 amide bonds. The molecule has 1 aliphatic rings. The topological polar surface area (TPSA) is 16.1 Å². The van der Waals surface area contributed by atoms with Gasteiger partial charge in [-0.05, 0) is 43.5 Å². The number of piperidine rings is 1. The van der Waals surface area contributed by atoms with Crippen LogP contribution >= 0.6 is 0 Å². The van der Waals surface area contributed by atoms with Crippen LogP contribution in [0.5, 0.6) is 0 Å². The van der Waals surface area contributed by atoms with E-state index in [1.807, 2.05) is 6.20 Å². The van der Waals surface area contributed by atoms with E-state index in [1.54, 1.807) is 0 Å². The first-order chi connectivity index (χ1) is 9.81. The van der Waals surface area contributed by atoms with Crippen LogP contribution in [0.3, 0.4) is 0 Å². The molecule has 1 aliphatic heterocycles. The molecule has 1 aromatic carbocycles. The lowest BCUT2D eigenvalue weighted by Gasteiger charge is -2.32. The van der Waals surface area contributed by atoms with Crippen molar-refractivity contribution < 1.29 is 0 Å². The Morgan fingerprint density at radius 3 is 2.75 bits per heavy atom. The van der Waals surface area contributed by atoms with Crippen molar-refractivity contribution in [1.29, 1.82) is 0 Å². The van der Waals surface area contributed by atoms with Gasteiger partial charge >= 0.3 is 0 Å². The third-order valence-electron chi connectivity index (χ3n) is 4.11. The van der Waals surface area contributed by atoms with Crippen molar-refractivity contribution >= 4 is 0 Å². The van der Waals surface area contributed by atoms with Crippen molar-refractivity contribution in [2.75, 3.05) is 13.1 Å². The van der Waals surface area contributed by atoms with Gasteiger partial charge in [-0.1, -0.05) is 36.4 Å². The number of benzene rings is 1. The summed E-state index contributed by atoms with van der Waals surface area (Å²) in [4.78, 5) is 7.18. The molecule has 0 bridgehead atoms. The number of pyridine rings is 1. The summed E-state index contributed by atoms with van der Waals surface area (Å²) in [6, 6.07) is 15.1. The molecule has 20 heavy (non-hydrogen) atoms. The average molecular weight is 266 g/mol. The van der Waals surface area contributed by atoms with E-state index < -0.39 is 0 Å². The molecule has 1 saturated heterocycles. The number of hydrogen-bond acceptors (Lipinski definition) is 2. The van der Waals surface area contributed by atoms with Crippen molar-refractivity contribution in [3.8, 4) is 0 Å². The summed E-state index contributed by atoms with van der Waals surface area (Å²) >= 11 is 0. The monoisotopic (exact) mass is 266 g/mol. The van der Waals surface area contributed by atoms with E-state index in [1.165, 1.54) is 36.2 Å². The fourth-order valence-corrected chi connectivity index (χ4v) is 3.00. The third-order valence-corrected chi connectivity index (χ3v) is 4.11. The predicted molar refractivity (Wildman–Crippen MR) is 82.7 cm³/mol. The molecule has 1 fully saturated rings. The fourth-order valence-electron chi connectivity index (χ4n) is 3.00. The molecular weight excluding hydrogens is 244 g/mol. The summed E-state index contributed by atoms with van der Waals surface area (Å²) in [5.74, 6) is 0.591. The van der Waals surface area contributed by atoms with E-state index in [0.29, 0.717) is 5.92 Å². The molecule has 2 aromatic rings. The van der Waals surface area contributed by atoms with Gasteiger partial charge in [0, 0.05) is 30.9 Å². The van der Waals surface area contributed by atoms with Gasteiger partial charge < -0.3 is 0 Å². The first-order valence-corrected chi connectivity index (χ1v) is 7.50. The lowest BCUT2D eigenvalue weighted by Crippen LogP contribution is -2.34.